The second kappa shape index (κ2) is 3.71. The summed E-state index contributed by atoms with van der Waals surface area (Å²) in [6.07, 6.45) is 3.13. The molecule has 11 heavy (non-hydrogen) atoms. The van der Waals surface area contributed by atoms with Crippen molar-refractivity contribution in [1.82, 2.24) is 4.98 Å². The molecule has 3 heteroatoms. The van der Waals surface area contributed by atoms with Gasteiger partial charge in [-0.3, -0.25) is 4.98 Å². The Morgan fingerprint density at radius 3 is 3.00 bits per heavy atom. The number of rotatable bonds is 2. The fraction of sp³-hybridized carbons (Fsp3) is 0.250. The summed E-state index contributed by atoms with van der Waals surface area (Å²) in [5.41, 5.74) is 0.698. The molecule has 1 rings (SSSR count). The molecule has 0 amide bonds. The zero-order valence-corrected chi connectivity index (χ0v) is 6.40. The van der Waals surface area contributed by atoms with Gasteiger partial charge in [-0.25, -0.2) is 4.74 Å². The van der Waals surface area contributed by atoms with Crippen molar-refractivity contribution in [1.29, 1.82) is 0 Å². The third-order valence-electron chi connectivity index (χ3n) is 1.28. The molecule has 0 aromatic carbocycles. The minimum atomic E-state index is 0.455. The van der Waals surface area contributed by atoms with E-state index in [1.165, 1.54) is 6.21 Å². The van der Waals surface area contributed by atoms with Gasteiger partial charge in [0.2, 0.25) is 0 Å². The van der Waals surface area contributed by atoms with E-state index in [-0.39, 0.29) is 0 Å². The van der Waals surface area contributed by atoms with Gasteiger partial charge in [0.15, 0.2) is 12.8 Å². The molecule has 0 saturated heterocycles. The summed E-state index contributed by atoms with van der Waals surface area (Å²) < 4.78 is 0.850. The van der Waals surface area contributed by atoms with Crippen LogP contribution >= 0.6 is 0 Å². The van der Waals surface area contributed by atoms with Crippen molar-refractivity contribution in [3.8, 4) is 0 Å². The van der Waals surface area contributed by atoms with Crippen LogP contribution in [-0.4, -0.2) is 22.5 Å². The van der Waals surface area contributed by atoms with Gasteiger partial charge in [-0.05, 0) is 19.1 Å². The molecular weight excluding hydrogens is 140 g/mol. The fourth-order valence-corrected chi connectivity index (χ4v) is 0.691. The maximum Gasteiger partial charge on any atom is 0.200 e. The normalized spacial score (nSPS) is 11.5. The third-order valence-corrected chi connectivity index (χ3v) is 1.28. The zero-order valence-electron chi connectivity index (χ0n) is 6.40. The Bertz CT molecular complexity index is 244. The van der Waals surface area contributed by atoms with Crippen LogP contribution in [0.3, 0.4) is 0 Å². The molecule has 0 radical (unpaired) electrons. The van der Waals surface area contributed by atoms with Crippen molar-refractivity contribution in [2.24, 2.45) is 0 Å². The topological polar surface area (TPSA) is 39.0 Å². The molecule has 0 atom stereocenters. The fourth-order valence-electron chi connectivity index (χ4n) is 0.691. The molecular formula is C8H10N2O. The van der Waals surface area contributed by atoms with E-state index in [2.05, 4.69) is 4.98 Å². The molecule has 1 aromatic rings. The summed E-state index contributed by atoms with van der Waals surface area (Å²) >= 11 is 0. The molecule has 1 aromatic heterocycles. The van der Waals surface area contributed by atoms with E-state index < -0.39 is 0 Å². The van der Waals surface area contributed by atoms with Gasteiger partial charge in [-0.15, -0.1) is 0 Å². The second-order valence-electron chi connectivity index (χ2n) is 2.12. The molecule has 1 heterocycles. The number of aromatic nitrogens is 1. The van der Waals surface area contributed by atoms with E-state index in [0.717, 1.165) is 4.74 Å². The highest BCUT2D eigenvalue weighted by molar-refractivity contribution is 5.72. The summed E-state index contributed by atoms with van der Waals surface area (Å²) in [4.78, 5) is 3.97. The number of hydroxylamine groups is 1. The highest BCUT2D eigenvalue weighted by Gasteiger charge is 1.90. The van der Waals surface area contributed by atoms with Gasteiger partial charge in [-0.2, -0.15) is 0 Å². The van der Waals surface area contributed by atoms with Gasteiger partial charge in [0, 0.05) is 6.20 Å². The third kappa shape index (κ3) is 2.37. The summed E-state index contributed by atoms with van der Waals surface area (Å²) in [5.74, 6) is 0. The van der Waals surface area contributed by atoms with Crippen molar-refractivity contribution < 1.29 is 4.74 Å². The van der Waals surface area contributed by atoms with E-state index in [0.29, 0.717) is 12.2 Å². The van der Waals surface area contributed by atoms with E-state index in [4.69, 9.17) is 0 Å². The Hall–Kier alpha value is -1.38. The van der Waals surface area contributed by atoms with E-state index in [9.17, 15) is 5.21 Å². The lowest BCUT2D eigenvalue weighted by Crippen LogP contribution is -2.04. The van der Waals surface area contributed by atoms with Gasteiger partial charge < -0.3 is 5.21 Å². The van der Waals surface area contributed by atoms with Crippen LogP contribution in [0, 0.1) is 5.21 Å². The van der Waals surface area contributed by atoms with Crippen LogP contribution in [0.1, 0.15) is 12.6 Å². The average molecular weight is 150 g/mol. The van der Waals surface area contributed by atoms with Crippen molar-refractivity contribution in [3.63, 3.8) is 0 Å². The van der Waals surface area contributed by atoms with Gasteiger partial charge in [0.25, 0.3) is 0 Å². The molecule has 0 saturated carbocycles. The van der Waals surface area contributed by atoms with E-state index in [1.54, 1.807) is 19.2 Å². The monoisotopic (exact) mass is 150 g/mol. The van der Waals surface area contributed by atoms with Gasteiger partial charge >= 0.3 is 0 Å². The Kier molecular flexibility index (Phi) is 2.60. The van der Waals surface area contributed by atoms with Crippen LogP contribution in [0.2, 0.25) is 0 Å². The zero-order chi connectivity index (χ0) is 8.10. The van der Waals surface area contributed by atoms with Crippen molar-refractivity contribution in [2.45, 2.75) is 6.92 Å². The van der Waals surface area contributed by atoms with Crippen LogP contribution in [0.25, 0.3) is 0 Å². The standard InChI is InChI=1S/C8H10N2O/c1-2-10(11)7-8-5-3-4-6-9-8/h3-7H,2H2,1H3/b10-7-. The molecule has 0 aliphatic heterocycles. The molecule has 0 fully saturated rings. The van der Waals surface area contributed by atoms with Crippen LogP contribution in [-0.2, 0) is 0 Å². The number of hydrogen-bond donors (Lipinski definition) is 0. The Labute approximate surface area is 65.6 Å². The molecule has 0 spiro atoms. The van der Waals surface area contributed by atoms with Crippen molar-refractivity contribution >= 4 is 6.21 Å². The number of hydrogen-bond acceptors (Lipinski definition) is 2. The summed E-state index contributed by atoms with van der Waals surface area (Å²) in [6.45, 7) is 2.25. The van der Waals surface area contributed by atoms with E-state index >= 15 is 0 Å². The number of nitrogens with zero attached hydrogens (tertiary/aromatic N) is 2. The molecule has 0 aliphatic rings. The maximum atomic E-state index is 10.8. The first kappa shape index (κ1) is 7.72. The highest BCUT2D eigenvalue weighted by atomic mass is 16.5. The van der Waals surface area contributed by atoms with Gasteiger partial charge in [0.1, 0.15) is 5.69 Å². The predicted octanol–water partition coefficient (Wildman–Crippen LogP) is 1.03. The minimum absolute atomic E-state index is 0.455. The lowest BCUT2D eigenvalue weighted by atomic mass is 10.4. The molecule has 0 aliphatic carbocycles. The Balaban J connectivity index is 2.79. The van der Waals surface area contributed by atoms with Crippen molar-refractivity contribution in [2.75, 3.05) is 6.54 Å². The largest absolute Gasteiger partial charge is 0.624 e. The van der Waals surface area contributed by atoms with Gasteiger partial charge in [-0.1, -0.05) is 6.07 Å². The molecule has 0 bridgehead atoms. The molecule has 58 valence electrons. The maximum absolute atomic E-state index is 10.8. The Morgan fingerprint density at radius 1 is 1.64 bits per heavy atom. The first-order valence-corrected chi connectivity index (χ1v) is 3.52. The lowest BCUT2D eigenvalue weighted by Gasteiger charge is -1.97. The van der Waals surface area contributed by atoms with Gasteiger partial charge in [0.05, 0.1) is 0 Å². The minimum Gasteiger partial charge on any atom is -0.624 e. The lowest BCUT2D eigenvalue weighted by molar-refractivity contribution is -0.447. The average Bonchev–Trinajstić information content (AvgIpc) is 2.06. The predicted molar refractivity (Wildman–Crippen MR) is 43.6 cm³/mol. The quantitative estimate of drug-likeness (QED) is 0.273. The Morgan fingerprint density at radius 2 is 2.45 bits per heavy atom. The summed E-state index contributed by atoms with van der Waals surface area (Å²) in [5, 5.41) is 10.8. The van der Waals surface area contributed by atoms with Crippen LogP contribution in [0.15, 0.2) is 24.4 Å². The molecule has 0 unspecified atom stereocenters. The summed E-state index contributed by atoms with van der Waals surface area (Å²) in [6, 6.07) is 5.46. The highest BCUT2D eigenvalue weighted by Crippen LogP contribution is 1.87. The molecule has 0 N–H and O–H groups in total. The molecule has 3 nitrogen and oxygen atoms in total. The van der Waals surface area contributed by atoms with Crippen molar-refractivity contribution in [3.05, 3.63) is 35.3 Å². The van der Waals surface area contributed by atoms with Crippen LogP contribution in [0.5, 0.6) is 0 Å². The SMILES string of the molecule is CC/[N+]([O-])=C/c1ccccn1. The first-order valence-electron chi connectivity index (χ1n) is 3.52. The summed E-state index contributed by atoms with van der Waals surface area (Å²) in [7, 11) is 0. The number of pyridine rings is 1. The first-order chi connectivity index (χ1) is 5.33. The van der Waals surface area contributed by atoms with E-state index in [1.807, 2.05) is 12.1 Å². The smallest absolute Gasteiger partial charge is 0.200 e. The second-order valence-corrected chi connectivity index (χ2v) is 2.12. The van der Waals surface area contributed by atoms with Crippen LogP contribution in [0.4, 0.5) is 0 Å². The van der Waals surface area contributed by atoms with Crippen LogP contribution < -0.4 is 0 Å².